The summed E-state index contributed by atoms with van der Waals surface area (Å²) in [5.74, 6) is 0.549. The highest BCUT2D eigenvalue weighted by Crippen LogP contribution is 2.39. The number of nitrogens with one attached hydrogen (secondary N) is 1. The maximum atomic E-state index is 13.0. The molecule has 0 bridgehead atoms. The van der Waals surface area contributed by atoms with Gasteiger partial charge in [-0.1, -0.05) is 55.7 Å². The van der Waals surface area contributed by atoms with Crippen molar-refractivity contribution >= 4 is 28.0 Å². The van der Waals surface area contributed by atoms with Crippen LogP contribution in [0.25, 0.3) is 21.2 Å². The van der Waals surface area contributed by atoms with Crippen LogP contribution in [0.4, 0.5) is 4.39 Å². The first-order valence-corrected chi connectivity index (χ1v) is 12.0. The lowest BCUT2D eigenvalue weighted by molar-refractivity contribution is 0.0654. The predicted molar refractivity (Wildman–Crippen MR) is 125 cm³/mol. The number of fused-ring (bicyclic) bond motifs is 1. The van der Waals surface area contributed by atoms with Crippen molar-refractivity contribution in [3.05, 3.63) is 52.7 Å². The SMILES string of the molecule is Cc1ccc(-c2sc(C(=O)NCCN3CC(F)C3)nc2CC2CCC2)c2ccccc12. The number of aromatic nitrogens is 1. The molecule has 1 aromatic heterocycles. The molecule has 3 aromatic rings. The van der Waals surface area contributed by atoms with Gasteiger partial charge in [0.15, 0.2) is 5.01 Å². The van der Waals surface area contributed by atoms with Crippen molar-refractivity contribution in [1.82, 2.24) is 15.2 Å². The minimum absolute atomic E-state index is 0.125. The lowest BCUT2D eigenvalue weighted by atomic mass is 9.81. The van der Waals surface area contributed by atoms with E-state index in [1.165, 1.54) is 52.5 Å². The first-order chi connectivity index (χ1) is 15.1. The molecule has 31 heavy (non-hydrogen) atoms. The van der Waals surface area contributed by atoms with Crippen molar-refractivity contribution in [2.45, 2.75) is 38.8 Å². The summed E-state index contributed by atoms with van der Waals surface area (Å²) in [6, 6.07) is 12.8. The normalized spacial score (nSPS) is 17.5. The van der Waals surface area contributed by atoms with Crippen molar-refractivity contribution in [3.8, 4) is 10.4 Å². The number of hydrogen-bond donors (Lipinski definition) is 1. The van der Waals surface area contributed by atoms with E-state index >= 15 is 0 Å². The summed E-state index contributed by atoms with van der Waals surface area (Å²) in [7, 11) is 0. The molecule has 1 saturated heterocycles. The lowest BCUT2D eigenvalue weighted by Crippen LogP contribution is -2.50. The molecule has 0 spiro atoms. The van der Waals surface area contributed by atoms with Crippen LogP contribution >= 0.6 is 11.3 Å². The predicted octanol–water partition coefficient (Wildman–Crippen LogP) is 5.00. The molecule has 1 aliphatic carbocycles. The molecule has 162 valence electrons. The van der Waals surface area contributed by atoms with Crippen LogP contribution in [-0.4, -0.2) is 48.1 Å². The largest absolute Gasteiger partial charge is 0.349 e. The molecule has 6 heteroatoms. The molecule has 0 radical (unpaired) electrons. The van der Waals surface area contributed by atoms with E-state index in [4.69, 9.17) is 4.98 Å². The van der Waals surface area contributed by atoms with E-state index in [-0.39, 0.29) is 5.91 Å². The number of nitrogens with zero attached hydrogens (tertiary/aromatic N) is 2. The summed E-state index contributed by atoms with van der Waals surface area (Å²) < 4.78 is 13.0. The molecule has 2 heterocycles. The number of alkyl halides is 1. The van der Waals surface area contributed by atoms with Crippen molar-refractivity contribution in [1.29, 1.82) is 0 Å². The van der Waals surface area contributed by atoms with Gasteiger partial charge in [-0.25, -0.2) is 9.37 Å². The molecule has 2 fully saturated rings. The van der Waals surface area contributed by atoms with Crippen LogP contribution in [-0.2, 0) is 6.42 Å². The summed E-state index contributed by atoms with van der Waals surface area (Å²) in [6.07, 6.45) is 4.02. The second-order valence-electron chi connectivity index (χ2n) is 8.88. The summed E-state index contributed by atoms with van der Waals surface area (Å²) >= 11 is 1.50. The first kappa shape index (κ1) is 20.6. The Hall–Kier alpha value is -2.31. The molecule has 1 N–H and O–H groups in total. The molecule has 5 rings (SSSR count). The van der Waals surface area contributed by atoms with Crippen LogP contribution < -0.4 is 5.32 Å². The number of aryl methyl sites for hydroxylation is 1. The highest BCUT2D eigenvalue weighted by Gasteiger charge is 2.27. The Kier molecular flexibility index (Phi) is 5.76. The van der Waals surface area contributed by atoms with Gasteiger partial charge in [-0.2, -0.15) is 0 Å². The number of likely N-dealkylation sites (tertiary alicyclic amines) is 1. The van der Waals surface area contributed by atoms with Crippen molar-refractivity contribution in [3.63, 3.8) is 0 Å². The Morgan fingerprint density at radius 2 is 1.97 bits per heavy atom. The van der Waals surface area contributed by atoms with Crippen LogP contribution in [0.2, 0.25) is 0 Å². The zero-order valence-corrected chi connectivity index (χ0v) is 18.7. The van der Waals surface area contributed by atoms with Crippen molar-refractivity contribution in [2.24, 2.45) is 5.92 Å². The van der Waals surface area contributed by atoms with Gasteiger partial charge in [0.2, 0.25) is 0 Å². The van der Waals surface area contributed by atoms with Crippen LogP contribution in [0.3, 0.4) is 0 Å². The molecule has 2 aliphatic rings. The second kappa shape index (κ2) is 8.67. The van der Waals surface area contributed by atoms with Gasteiger partial charge < -0.3 is 5.32 Å². The third-order valence-corrected chi connectivity index (χ3v) is 7.74. The number of amides is 1. The van der Waals surface area contributed by atoms with Gasteiger partial charge >= 0.3 is 0 Å². The summed E-state index contributed by atoms with van der Waals surface area (Å²) in [5, 5.41) is 5.97. The van der Waals surface area contributed by atoms with Crippen LogP contribution in [0.5, 0.6) is 0 Å². The Bertz CT molecular complexity index is 1100. The Balaban J connectivity index is 1.42. The average molecular weight is 438 g/mol. The number of benzene rings is 2. The third-order valence-electron chi connectivity index (χ3n) is 6.61. The number of thiazole rings is 1. The van der Waals surface area contributed by atoms with Crippen LogP contribution in [0, 0.1) is 12.8 Å². The van der Waals surface area contributed by atoms with E-state index in [2.05, 4.69) is 48.6 Å². The van der Waals surface area contributed by atoms with Gasteiger partial charge in [-0.3, -0.25) is 9.69 Å². The molecular weight excluding hydrogens is 409 g/mol. The monoisotopic (exact) mass is 437 g/mol. The van der Waals surface area contributed by atoms with Gasteiger partial charge in [-0.05, 0) is 35.6 Å². The van der Waals surface area contributed by atoms with Crippen LogP contribution in [0.1, 0.15) is 40.3 Å². The first-order valence-electron chi connectivity index (χ1n) is 11.2. The van der Waals surface area contributed by atoms with Gasteiger partial charge in [0.05, 0.1) is 10.6 Å². The fourth-order valence-electron chi connectivity index (χ4n) is 4.51. The number of hydrogen-bond acceptors (Lipinski definition) is 4. The van der Waals surface area contributed by atoms with Crippen molar-refractivity contribution in [2.75, 3.05) is 26.2 Å². The van der Waals surface area contributed by atoms with Gasteiger partial charge in [-0.15, -0.1) is 11.3 Å². The fourth-order valence-corrected chi connectivity index (χ4v) is 5.56. The standard InChI is InChI=1S/C25H28FN3OS/c1-16-9-10-21(20-8-3-2-7-19(16)20)23-22(13-17-5-4-6-17)28-25(31-23)24(30)27-11-12-29-14-18(26)15-29/h2-3,7-10,17-18H,4-6,11-15H2,1H3,(H,27,30). The fraction of sp³-hybridized carbons (Fsp3) is 0.440. The Morgan fingerprint density at radius 3 is 2.68 bits per heavy atom. The summed E-state index contributed by atoms with van der Waals surface area (Å²) in [4.78, 5) is 20.8. The van der Waals surface area contributed by atoms with Gasteiger partial charge in [0.1, 0.15) is 6.17 Å². The zero-order chi connectivity index (χ0) is 21.4. The van der Waals surface area contributed by atoms with Crippen LogP contribution in [0.15, 0.2) is 36.4 Å². The van der Waals surface area contributed by atoms with E-state index in [1.54, 1.807) is 0 Å². The van der Waals surface area contributed by atoms with E-state index < -0.39 is 6.17 Å². The Labute approximate surface area is 186 Å². The molecule has 1 amide bonds. The number of carbonyl (C=O) groups is 1. The number of halogens is 1. The van der Waals surface area contributed by atoms with Gasteiger partial charge in [0, 0.05) is 31.7 Å². The average Bonchev–Trinajstić information content (AvgIpc) is 3.14. The molecule has 0 unspecified atom stereocenters. The van der Waals surface area contributed by atoms with E-state index in [0.717, 1.165) is 17.0 Å². The third kappa shape index (κ3) is 4.23. The molecule has 0 atom stereocenters. The molecule has 2 aromatic carbocycles. The molecular formula is C25H28FN3OS. The number of rotatable bonds is 7. The minimum Gasteiger partial charge on any atom is -0.349 e. The molecule has 4 nitrogen and oxygen atoms in total. The minimum atomic E-state index is -0.712. The van der Waals surface area contributed by atoms with Crippen molar-refractivity contribution < 1.29 is 9.18 Å². The maximum Gasteiger partial charge on any atom is 0.280 e. The quantitative estimate of drug-likeness (QED) is 0.566. The maximum absolute atomic E-state index is 13.0. The van der Waals surface area contributed by atoms with E-state index in [9.17, 15) is 9.18 Å². The summed E-state index contributed by atoms with van der Waals surface area (Å²) in [6.45, 7) is 4.29. The second-order valence-corrected chi connectivity index (χ2v) is 9.88. The lowest BCUT2D eigenvalue weighted by Gasteiger charge is -2.34. The number of carbonyl (C=O) groups excluding carboxylic acids is 1. The van der Waals surface area contributed by atoms with E-state index in [1.807, 2.05) is 4.90 Å². The topological polar surface area (TPSA) is 45.2 Å². The van der Waals surface area contributed by atoms with Gasteiger partial charge in [0.25, 0.3) is 5.91 Å². The Morgan fingerprint density at radius 1 is 1.19 bits per heavy atom. The zero-order valence-electron chi connectivity index (χ0n) is 17.9. The smallest absolute Gasteiger partial charge is 0.280 e. The molecule has 1 saturated carbocycles. The summed E-state index contributed by atoms with van der Waals surface area (Å²) in [5.41, 5.74) is 3.47. The molecule has 1 aliphatic heterocycles. The highest BCUT2D eigenvalue weighted by molar-refractivity contribution is 7.17. The highest BCUT2D eigenvalue weighted by atomic mass is 32.1. The van der Waals surface area contributed by atoms with E-state index in [0.29, 0.717) is 37.1 Å².